The van der Waals surface area contributed by atoms with Crippen molar-refractivity contribution < 1.29 is 13.6 Å². The van der Waals surface area contributed by atoms with Crippen LogP contribution in [0.15, 0.2) is 59.6 Å². The van der Waals surface area contributed by atoms with Crippen LogP contribution in [0.1, 0.15) is 29.8 Å². The highest BCUT2D eigenvalue weighted by molar-refractivity contribution is 8.14. The molecule has 25 heavy (non-hydrogen) atoms. The molecule has 0 saturated carbocycles. The van der Waals surface area contributed by atoms with Crippen LogP contribution < -0.4 is 5.32 Å². The van der Waals surface area contributed by atoms with Crippen LogP contribution >= 0.6 is 11.8 Å². The number of nitrogens with one attached hydrogen (secondary N) is 1. The van der Waals surface area contributed by atoms with Crippen LogP contribution in [0.25, 0.3) is 0 Å². The second-order valence-electron chi connectivity index (χ2n) is 6.09. The first-order valence-electron chi connectivity index (χ1n) is 7.94. The highest BCUT2D eigenvalue weighted by atomic mass is 32.2. The molecular formula is C19H18F2N2OS. The predicted molar refractivity (Wildman–Crippen MR) is 97.0 cm³/mol. The maximum Gasteiger partial charge on any atom is 0.257 e. The van der Waals surface area contributed by atoms with Gasteiger partial charge in [-0.05, 0) is 32.0 Å². The highest BCUT2D eigenvalue weighted by Gasteiger charge is 2.45. The van der Waals surface area contributed by atoms with Gasteiger partial charge in [-0.2, -0.15) is 0 Å². The van der Waals surface area contributed by atoms with Crippen LogP contribution in [0.2, 0.25) is 0 Å². The zero-order valence-corrected chi connectivity index (χ0v) is 14.7. The summed E-state index contributed by atoms with van der Waals surface area (Å²) < 4.78 is 29.2. The van der Waals surface area contributed by atoms with Crippen molar-refractivity contribution in [1.82, 2.24) is 5.32 Å². The Labute approximate surface area is 149 Å². The number of carbonyl (C=O) groups is 1. The first kappa shape index (κ1) is 17.6. The number of rotatable bonds is 2. The van der Waals surface area contributed by atoms with Crippen molar-refractivity contribution >= 4 is 22.8 Å². The predicted octanol–water partition coefficient (Wildman–Crippen LogP) is 4.30. The molecule has 0 spiro atoms. The Kier molecular flexibility index (Phi) is 4.90. The monoisotopic (exact) mass is 360 g/mol. The first-order chi connectivity index (χ1) is 11.9. The van der Waals surface area contributed by atoms with Crippen LogP contribution in [0.3, 0.4) is 0 Å². The standard InChI is InChI=1S/C19H18F2N2OS/c1-12-16(21)19(2,14-10-6-7-11-15(14)20)23-18(25-12)22-17(24)13-8-4-3-5-9-13/h3-12,16H,1-2H3,(H,22,23,24)/t12-,16+,19-/m1/s1. The van der Waals surface area contributed by atoms with Gasteiger partial charge in [0, 0.05) is 16.4 Å². The molecule has 0 bridgehead atoms. The molecule has 0 fully saturated rings. The fourth-order valence-corrected chi connectivity index (χ4v) is 4.02. The summed E-state index contributed by atoms with van der Waals surface area (Å²) in [6, 6.07) is 14.7. The number of carbonyl (C=O) groups excluding carboxylic acids is 1. The number of halogens is 2. The van der Waals surface area contributed by atoms with Gasteiger partial charge < -0.3 is 5.32 Å². The molecule has 1 aliphatic rings. The van der Waals surface area contributed by atoms with Crippen LogP contribution in [0.5, 0.6) is 0 Å². The smallest absolute Gasteiger partial charge is 0.257 e. The number of thioether (sulfide) groups is 1. The number of benzene rings is 2. The Balaban J connectivity index is 1.95. The topological polar surface area (TPSA) is 41.5 Å². The minimum atomic E-state index is -1.39. The molecule has 1 N–H and O–H groups in total. The van der Waals surface area contributed by atoms with E-state index in [1.807, 2.05) is 6.07 Å². The summed E-state index contributed by atoms with van der Waals surface area (Å²) in [5.41, 5.74) is -0.732. The minimum Gasteiger partial charge on any atom is -0.301 e. The van der Waals surface area contributed by atoms with E-state index in [9.17, 15) is 13.6 Å². The van der Waals surface area contributed by atoms with Crippen molar-refractivity contribution in [3.8, 4) is 0 Å². The highest BCUT2D eigenvalue weighted by Crippen LogP contribution is 2.42. The fourth-order valence-electron chi connectivity index (χ4n) is 2.89. The van der Waals surface area contributed by atoms with E-state index in [-0.39, 0.29) is 11.5 Å². The zero-order chi connectivity index (χ0) is 18.0. The lowest BCUT2D eigenvalue weighted by molar-refractivity contribution is 0.0977. The summed E-state index contributed by atoms with van der Waals surface area (Å²) in [4.78, 5) is 16.7. The third-order valence-corrected chi connectivity index (χ3v) is 5.28. The number of amidine groups is 1. The number of hydrogen-bond acceptors (Lipinski definition) is 3. The summed E-state index contributed by atoms with van der Waals surface area (Å²) >= 11 is 1.14. The van der Waals surface area contributed by atoms with Crippen molar-refractivity contribution in [2.24, 2.45) is 4.99 Å². The lowest BCUT2D eigenvalue weighted by atomic mass is 9.86. The van der Waals surface area contributed by atoms with Gasteiger partial charge in [0.15, 0.2) is 5.17 Å². The summed E-state index contributed by atoms with van der Waals surface area (Å²) in [5.74, 6) is -0.837. The van der Waals surface area contributed by atoms with Gasteiger partial charge in [-0.25, -0.2) is 13.8 Å². The van der Waals surface area contributed by atoms with Crippen LogP contribution in [-0.4, -0.2) is 22.5 Å². The molecule has 0 unspecified atom stereocenters. The Morgan fingerprint density at radius 2 is 1.80 bits per heavy atom. The van der Waals surface area contributed by atoms with Gasteiger partial charge in [-0.3, -0.25) is 4.79 Å². The van der Waals surface area contributed by atoms with E-state index in [2.05, 4.69) is 10.3 Å². The Morgan fingerprint density at radius 3 is 2.48 bits per heavy atom. The van der Waals surface area contributed by atoms with Gasteiger partial charge in [0.25, 0.3) is 5.91 Å². The van der Waals surface area contributed by atoms with Crippen molar-refractivity contribution in [1.29, 1.82) is 0 Å². The normalized spacial score (nSPS) is 26.0. The quantitative estimate of drug-likeness (QED) is 0.867. The van der Waals surface area contributed by atoms with Gasteiger partial charge in [0.2, 0.25) is 0 Å². The van der Waals surface area contributed by atoms with Crippen molar-refractivity contribution in [3.05, 3.63) is 71.5 Å². The minimum absolute atomic E-state index is 0.182. The molecule has 0 radical (unpaired) electrons. The number of aliphatic imine (C=N–C) groups is 1. The zero-order valence-electron chi connectivity index (χ0n) is 13.9. The second kappa shape index (κ2) is 6.96. The molecule has 1 amide bonds. The lowest BCUT2D eigenvalue weighted by Crippen LogP contribution is -2.46. The molecule has 3 nitrogen and oxygen atoms in total. The molecule has 2 aromatic carbocycles. The summed E-state index contributed by atoms with van der Waals surface area (Å²) in [5, 5.41) is 2.53. The molecule has 1 heterocycles. The summed E-state index contributed by atoms with van der Waals surface area (Å²) in [6.45, 7) is 3.26. The molecule has 0 aliphatic carbocycles. The average Bonchev–Trinajstić information content (AvgIpc) is 2.60. The van der Waals surface area contributed by atoms with E-state index in [0.29, 0.717) is 10.7 Å². The second-order valence-corrected chi connectivity index (χ2v) is 7.46. The largest absolute Gasteiger partial charge is 0.301 e. The van der Waals surface area contributed by atoms with E-state index < -0.39 is 22.8 Å². The lowest BCUT2D eigenvalue weighted by Gasteiger charge is -2.37. The molecule has 1 aliphatic heterocycles. The molecule has 3 rings (SSSR count). The van der Waals surface area contributed by atoms with E-state index in [1.165, 1.54) is 12.1 Å². The maximum absolute atomic E-state index is 14.9. The molecule has 0 saturated heterocycles. The van der Waals surface area contributed by atoms with Crippen molar-refractivity contribution in [3.63, 3.8) is 0 Å². The van der Waals surface area contributed by atoms with Gasteiger partial charge in [0.05, 0.1) is 0 Å². The number of hydrogen-bond donors (Lipinski definition) is 1. The van der Waals surface area contributed by atoms with Gasteiger partial charge in [0.1, 0.15) is 17.5 Å². The van der Waals surface area contributed by atoms with Crippen molar-refractivity contribution in [2.45, 2.75) is 30.8 Å². The van der Waals surface area contributed by atoms with E-state index in [0.717, 1.165) is 11.8 Å². The summed E-state index contributed by atoms with van der Waals surface area (Å²) in [6.07, 6.45) is -1.38. The van der Waals surface area contributed by atoms with Crippen LogP contribution in [-0.2, 0) is 5.54 Å². The Bertz CT molecular complexity index is 812. The fraction of sp³-hybridized carbons (Fsp3) is 0.263. The van der Waals surface area contributed by atoms with Gasteiger partial charge in [-0.15, -0.1) is 0 Å². The molecule has 130 valence electrons. The van der Waals surface area contributed by atoms with E-state index >= 15 is 0 Å². The van der Waals surface area contributed by atoms with Gasteiger partial charge in [-0.1, -0.05) is 48.2 Å². The summed E-state index contributed by atoms with van der Waals surface area (Å²) in [7, 11) is 0. The van der Waals surface area contributed by atoms with Crippen LogP contribution in [0.4, 0.5) is 8.78 Å². The Hall–Kier alpha value is -2.21. The SMILES string of the molecule is C[C@H]1SC(NC(=O)c2ccccc2)=N[C@](C)(c2ccccc2F)[C@H]1F. The molecule has 6 heteroatoms. The third kappa shape index (κ3) is 3.44. The molecular weight excluding hydrogens is 342 g/mol. The first-order valence-corrected chi connectivity index (χ1v) is 8.82. The number of nitrogens with zero attached hydrogens (tertiary/aromatic N) is 1. The third-order valence-electron chi connectivity index (χ3n) is 4.26. The van der Waals surface area contributed by atoms with Gasteiger partial charge >= 0.3 is 0 Å². The maximum atomic E-state index is 14.9. The molecule has 2 aromatic rings. The molecule has 0 aromatic heterocycles. The molecule has 3 atom stereocenters. The number of amides is 1. The van der Waals surface area contributed by atoms with Crippen LogP contribution in [0, 0.1) is 5.82 Å². The average molecular weight is 360 g/mol. The number of alkyl halides is 1. The van der Waals surface area contributed by atoms with E-state index in [4.69, 9.17) is 0 Å². The van der Waals surface area contributed by atoms with E-state index in [1.54, 1.807) is 50.2 Å². The Morgan fingerprint density at radius 1 is 1.16 bits per heavy atom. The van der Waals surface area contributed by atoms with Crippen molar-refractivity contribution in [2.75, 3.05) is 0 Å².